The predicted octanol–water partition coefficient (Wildman–Crippen LogP) is 3.86. The second-order valence-corrected chi connectivity index (χ2v) is 10.3. The number of esters is 1. The molecule has 0 N–H and O–H groups in total. The van der Waals surface area contributed by atoms with E-state index in [2.05, 4.69) is 9.97 Å². The van der Waals surface area contributed by atoms with Gasteiger partial charge in [0.05, 0.1) is 0 Å². The summed E-state index contributed by atoms with van der Waals surface area (Å²) in [4.78, 5) is 53.1. The minimum atomic E-state index is -1.24. The van der Waals surface area contributed by atoms with Crippen molar-refractivity contribution in [1.82, 2.24) is 9.97 Å². The summed E-state index contributed by atoms with van der Waals surface area (Å²) in [6.07, 6.45) is 10.6. The summed E-state index contributed by atoms with van der Waals surface area (Å²) < 4.78 is 5.58. The van der Waals surface area contributed by atoms with Crippen LogP contribution in [0.2, 0.25) is 4.75 Å². The van der Waals surface area contributed by atoms with Gasteiger partial charge in [-0.2, -0.15) is 0 Å². The van der Waals surface area contributed by atoms with Gasteiger partial charge >= 0.3 is 209 Å². The van der Waals surface area contributed by atoms with Crippen LogP contribution in [0.1, 0.15) is 54.8 Å². The van der Waals surface area contributed by atoms with E-state index < -0.39 is 28.9 Å². The van der Waals surface area contributed by atoms with E-state index in [9.17, 15) is 14.4 Å². The number of rotatable bonds is 9. The molecular weight excluding hydrogens is 491 g/mol. The zero-order valence-corrected chi connectivity index (χ0v) is 21.9. The first kappa shape index (κ1) is 25.7. The molecular formula is C26H28GeN3O4. The molecule has 0 saturated carbocycles. The number of ether oxygens (including phenoxy) is 1. The zero-order chi connectivity index (χ0) is 24.9. The van der Waals surface area contributed by atoms with Crippen LogP contribution >= 0.6 is 0 Å². The van der Waals surface area contributed by atoms with E-state index in [0.29, 0.717) is 17.5 Å². The number of pyridine rings is 2. The number of carbonyl (C=O) groups excluding carboxylic acids is 3. The number of hydrogen-bond donors (Lipinski definition) is 0. The fourth-order valence-electron chi connectivity index (χ4n) is 4.79. The van der Waals surface area contributed by atoms with Gasteiger partial charge in [-0.15, -0.1) is 0 Å². The summed E-state index contributed by atoms with van der Waals surface area (Å²) in [6, 6.07) is 6.71. The van der Waals surface area contributed by atoms with Crippen molar-refractivity contribution in [3.63, 3.8) is 0 Å². The molecule has 7 nitrogen and oxygen atoms in total. The van der Waals surface area contributed by atoms with Crippen molar-refractivity contribution >= 4 is 40.3 Å². The molecule has 5 unspecified atom stereocenters. The van der Waals surface area contributed by atoms with Gasteiger partial charge in [0.25, 0.3) is 0 Å². The molecule has 0 saturated heterocycles. The van der Waals surface area contributed by atoms with E-state index in [1.54, 1.807) is 68.9 Å². The Hall–Kier alpha value is -2.94. The molecule has 3 heterocycles. The SMILES string of the molecule is CCC1(C(=O)OC(C)C(=O)c2cccnc2)C=CC=NC1([CH](C)[Ge])C(C)C(=O)c1cccnc1. The van der Waals surface area contributed by atoms with E-state index in [4.69, 9.17) is 9.73 Å². The molecule has 0 bridgehead atoms. The first-order valence-electron chi connectivity index (χ1n) is 11.2. The molecule has 1 aliphatic rings. The third kappa shape index (κ3) is 4.41. The molecule has 3 rings (SSSR count). The summed E-state index contributed by atoms with van der Waals surface area (Å²) in [7, 11) is 0. The average molecular weight is 519 g/mol. The van der Waals surface area contributed by atoms with E-state index in [1.807, 2.05) is 30.4 Å². The normalized spacial score (nSPS) is 24.1. The second kappa shape index (κ2) is 10.5. The molecule has 2 aromatic heterocycles. The molecule has 34 heavy (non-hydrogen) atoms. The zero-order valence-electron chi connectivity index (χ0n) is 19.8. The Balaban J connectivity index is 2.01. The van der Waals surface area contributed by atoms with E-state index in [0.717, 1.165) is 0 Å². The number of hydrogen-bond acceptors (Lipinski definition) is 7. The molecule has 0 aliphatic carbocycles. The third-order valence-corrected chi connectivity index (χ3v) is 7.57. The number of ketones is 2. The monoisotopic (exact) mass is 520 g/mol. The number of allylic oxidation sites excluding steroid dienone is 1. The standard InChI is InChI=1S/C26H28GeN3O4/c1-5-25(24(33)34-18(3)23(32)21-10-7-13-29-16-21)11-8-14-30-26(25,19(4)27)17(2)22(31)20-9-6-12-28-15-20/h6-19H,5H2,1-4H3. The molecule has 3 radical (unpaired) electrons. The van der Waals surface area contributed by atoms with Gasteiger partial charge in [0.1, 0.15) is 0 Å². The van der Waals surface area contributed by atoms with Gasteiger partial charge in [0.15, 0.2) is 0 Å². The van der Waals surface area contributed by atoms with Crippen LogP contribution in [0.25, 0.3) is 0 Å². The molecule has 8 heteroatoms. The van der Waals surface area contributed by atoms with Gasteiger partial charge in [-0.3, -0.25) is 0 Å². The number of carbonyl (C=O) groups is 3. The summed E-state index contributed by atoms with van der Waals surface area (Å²) in [6.45, 7) is 7.17. The van der Waals surface area contributed by atoms with Crippen molar-refractivity contribution < 1.29 is 19.1 Å². The van der Waals surface area contributed by atoms with Crippen LogP contribution in [0.15, 0.2) is 66.2 Å². The number of aliphatic imine (C=N–C) groups is 1. The first-order valence-corrected chi connectivity index (χ1v) is 12.5. The summed E-state index contributed by atoms with van der Waals surface area (Å²) in [5.74, 6) is -1.73. The molecule has 2 aromatic rings. The fourth-order valence-corrected chi connectivity index (χ4v) is 6.01. The van der Waals surface area contributed by atoms with Crippen LogP contribution in [0.4, 0.5) is 0 Å². The van der Waals surface area contributed by atoms with Crippen molar-refractivity contribution in [3.8, 4) is 0 Å². The van der Waals surface area contributed by atoms with Crippen LogP contribution < -0.4 is 0 Å². The maximum atomic E-state index is 13.8. The van der Waals surface area contributed by atoms with E-state index in [-0.39, 0.29) is 16.3 Å². The molecule has 0 aromatic carbocycles. The van der Waals surface area contributed by atoms with E-state index in [1.165, 1.54) is 12.4 Å². The molecule has 175 valence electrons. The van der Waals surface area contributed by atoms with Crippen molar-refractivity contribution in [2.45, 2.75) is 50.5 Å². The van der Waals surface area contributed by atoms with Gasteiger partial charge in [0, 0.05) is 0 Å². The first-order chi connectivity index (χ1) is 16.2. The average Bonchev–Trinajstić information content (AvgIpc) is 2.87. The maximum absolute atomic E-state index is 13.8. The molecule has 0 amide bonds. The Morgan fingerprint density at radius 1 is 1.00 bits per heavy atom. The number of dihydropyridines is 1. The van der Waals surface area contributed by atoms with Crippen molar-refractivity contribution in [2.24, 2.45) is 16.3 Å². The molecule has 5 atom stereocenters. The van der Waals surface area contributed by atoms with Crippen LogP contribution in [0.5, 0.6) is 0 Å². The quantitative estimate of drug-likeness (QED) is 0.284. The van der Waals surface area contributed by atoms with Crippen molar-refractivity contribution in [2.75, 3.05) is 0 Å². The van der Waals surface area contributed by atoms with Gasteiger partial charge in [-0.25, -0.2) is 0 Å². The van der Waals surface area contributed by atoms with Crippen LogP contribution in [0.3, 0.4) is 0 Å². The summed E-state index contributed by atoms with van der Waals surface area (Å²) in [5.41, 5.74) is -1.53. The Morgan fingerprint density at radius 3 is 2.09 bits per heavy atom. The summed E-state index contributed by atoms with van der Waals surface area (Å²) in [5, 5.41) is 0. The molecule has 1 aliphatic heterocycles. The molecule has 0 spiro atoms. The fraction of sp³-hybridized carbons (Fsp3) is 0.385. The van der Waals surface area contributed by atoms with Crippen LogP contribution in [-0.2, 0) is 9.53 Å². The van der Waals surface area contributed by atoms with Crippen molar-refractivity contribution in [1.29, 1.82) is 0 Å². The van der Waals surface area contributed by atoms with E-state index >= 15 is 0 Å². The third-order valence-electron chi connectivity index (χ3n) is 6.65. The van der Waals surface area contributed by atoms with Gasteiger partial charge in [-0.05, 0) is 0 Å². The minimum absolute atomic E-state index is 0.153. The predicted molar refractivity (Wildman–Crippen MR) is 130 cm³/mol. The second-order valence-electron chi connectivity index (χ2n) is 8.49. The Kier molecular flexibility index (Phi) is 7.97. The van der Waals surface area contributed by atoms with Crippen LogP contribution in [-0.4, -0.2) is 61.9 Å². The molecule has 0 fully saturated rings. The van der Waals surface area contributed by atoms with Gasteiger partial charge in [-0.1, -0.05) is 0 Å². The Bertz CT molecular complexity index is 1100. The van der Waals surface area contributed by atoms with Crippen LogP contribution in [0, 0.1) is 11.3 Å². The summed E-state index contributed by atoms with van der Waals surface area (Å²) >= 11 is 1.95. The topological polar surface area (TPSA) is 98.6 Å². The van der Waals surface area contributed by atoms with Gasteiger partial charge in [0.2, 0.25) is 0 Å². The van der Waals surface area contributed by atoms with Crippen molar-refractivity contribution in [3.05, 3.63) is 72.3 Å². The number of aromatic nitrogens is 2. The Morgan fingerprint density at radius 2 is 1.59 bits per heavy atom. The van der Waals surface area contributed by atoms with Gasteiger partial charge < -0.3 is 0 Å². The number of nitrogens with zero attached hydrogens (tertiary/aromatic N) is 3. The number of Topliss-reactive ketones (excluding diaryl/α,β-unsaturated/α-hetero) is 2. The Labute approximate surface area is 208 Å².